The Hall–Kier alpha value is -3.14. The molecule has 0 bridgehead atoms. The van der Waals surface area contributed by atoms with Crippen LogP contribution in [-0.2, 0) is 22.7 Å². The third-order valence-corrected chi connectivity index (χ3v) is 3.88. The fourth-order valence-electron chi connectivity index (χ4n) is 2.46. The fraction of sp³-hybridized carbons (Fsp3) is 0.143. The number of benzene rings is 2. The maximum Gasteiger partial charge on any atom is 0.331 e. The van der Waals surface area contributed by atoms with Crippen LogP contribution in [0.3, 0.4) is 0 Å². The van der Waals surface area contributed by atoms with Gasteiger partial charge in [0.15, 0.2) is 0 Å². The second-order valence-corrected chi connectivity index (χ2v) is 5.82. The lowest BCUT2D eigenvalue weighted by atomic mass is 10.1. The first-order chi connectivity index (χ1) is 12.2. The average Bonchev–Trinajstić information content (AvgIpc) is 3.07. The van der Waals surface area contributed by atoms with Gasteiger partial charge in [0.1, 0.15) is 6.61 Å². The van der Waals surface area contributed by atoms with E-state index in [1.165, 1.54) is 11.6 Å². The van der Waals surface area contributed by atoms with E-state index in [1.807, 2.05) is 60.3 Å². The van der Waals surface area contributed by atoms with E-state index in [0.29, 0.717) is 6.54 Å². The van der Waals surface area contributed by atoms with Crippen LogP contribution in [0.1, 0.15) is 22.3 Å². The highest BCUT2D eigenvalue weighted by Gasteiger charge is 2.02. The van der Waals surface area contributed by atoms with Crippen molar-refractivity contribution in [2.75, 3.05) is 0 Å². The van der Waals surface area contributed by atoms with Crippen LogP contribution in [0.5, 0.6) is 0 Å². The number of rotatable bonds is 6. The summed E-state index contributed by atoms with van der Waals surface area (Å²) in [6.07, 6.45) is 6.78. The van der Waals surface area contributed by atoms with Gasteiger partial charge in [0.25, 0.3) is 0 Å². The lowest BCUT2D eigenvalue weighted by Crippen LogP contribution is -2.01. The second-order valence-electron chi connectivity index (χ2n) is 5.82. The van der Waals surface area contributed by atoms with Gasteiger partial charge in [-0.15, -0.1) is 0 Å². The van der Waals surface area contributed by atoms with Crippen LogP contribution < -0.4 is 0 Å². The average molecular weight is 332 g/mol. The Labute approximate surface area is 147 Å². The van der Waals surface area contributed by atoms with Crippen molar-refractivity contribution in [1.29, 1.82) is 0 Å². The number of hydrogen-bond acceptors (Lipinski definition) is 3. The monoisotopic (exact) mass is 332 g/mol. The van der Waals surface area contributed by atoms with Gasteiger partial charge in [-0.05, 0) is 29.7 Å². The van der Waals surface area contributed by atoms with Crippen LogP contribution in [0.4, 0.5) is 0 Å². The normalized spacial score (nSPS) is 10.9. The highest BCUT2D eigenvalue weighted by Crippen LogP contribution is 2.09. The zero-order chi connectivity index (χ0) is 17.5. The van der Waals surface area contributed by atoms with Crippen molar-refractivity contribution in [3.8, 4) is 0 Å². The van der Waals surface area contributed by atoms with Crippen molar-refractivity contribution >= 4 is 12.0 Å². The summed E-state index contributed by atoms with van der Waals surface area (Å²) >= 11 is 0. The fourth-order valence-corrected chi connectivity index (χ4v) is 2.46. The summed E-state index contributed by atoms with van der Waals surface area (Å²) in [5, 5.41) is 4.31. The van der Waals surface area contributed by atoms with Crippen molar-refractivity contribution in [3.63, 3.8) is 0 Å². The minimum atomic E-state index is -0.362. The molecule has 2 aromatic carbocycles. The molecule has 0 N–H and O–H groups in total. The SMILES string of the molecule is Cc1ccccc1COC(=O)/C=C/c1cnn(Cc2ccccc2)c1. The molecule has 0 amide bonds. The van der Waals surface area contributed by atoms with E-state index in [-0.39, 0.29) is 12.6 Å². The largest absolute Gasteiger partial charge is 0.458 e. The molecule has 1 aromatic heterocycles. The quantitative estimate of drug-likeness (QED) is 0.506. The van der Waals surface area contributed by atoms with Crippen LogP contribution in [0.2, 0.25) is 0 Å². The standard InChI is InChI=1S/C21H20N2O2/c1-17-7-5-6-10-20(17)16-25-21(24)12-11-19-13-22-23(15-19)14-18-8-3-2-4-9-18/h2-13,15H,14,16H2,1H3/b12-11+. The Morgan fingerprint density at radius 2 is 1.88 bits per heavy atom. The molecule has 0 saturated heterocycles. The summed E-state index contributed by atoms with van der Waals surface area (Å²) in [5.74, 6) is -0.362. The van der Waals surface area contributed by atoms with Crippen molar-refractivity contribution in [2.24, 2.45) is 0 Å². The van der Waals surface area contributed by atoms with E-state index < -0.39 is 0 Å². The maximum atomic E-state index is 11.9. The number of nitrogens with zero attached hydrogens (tertiary/aromatic N) is 2. The van der Waals surface area contributed by atoms with E-state index >= 15 is 0 Å². The molecule has 0 aliphatic heterocycles. The second kappa shape index (κ2) is 8.11. The van der Waals surface area contributed by atoms with Crippen molar-refractivity contribution in [1.82, 2.24) is 9.78 Å². The number of esters is 1. The summed E-state index contributed by atoms with van der Waals surface area (Å²) in [6.45, 7) is 2.98. The van der Waals surface area contributed by atoms with Gasteiger partial charge in [0.2, 0.25) is 0 Å². The van der Waals surface area contributed by atoms with Gasteiger partial charge in [-0.2, -0.15) is 5.10 Å². The zero-order valence-electron chi connectivity index (χ0n) is 14.1. The van der Waals surface area contributed by atoms with Crippen LogP contribution in [-0.4, -0.2) is 15.7 Å². The summed E-state index contributed by atoms with van der Waals surface area (Å²) in [7, 11) is 0. The molecule has 1 heterocycles. The van der Waals surface area contributed by atoms with Gasteiger partial charge in [-0.25, -0.2) is 4.79 Å². The third kappa shape index (κ3) is 4.91. The van der Waals surface area contributed by atoms with Crippen molar-refractivity contribution in [3.05, 3.63) is 95.3 Å². The molecule has 0 atom stereocenters. The molecule has 0 radical (unpaired) electrons. The van der Waals surface area contributed by atoms with Crippen molar-refractivity contribution < 1.29 is 9.53 Å². The number of hydrogen-bond donors (Lipinski definition) is 0. The molecule has 3 rings (SSSR count). The highest BCUT2D eigenvalue weighted by atomic mass is 16.5. The predicted octanol–water partition coefficient (Wildman–Crippen LogP) is 4.00. The molecule has 0 aliphatic carbocycles. The van der Waals surface area contributed by atoms with Gasteiger partial charge in [-0.1, -0.05) is 54.6 Å². The number of carbonyl (C=O) groups excluding carboxylic acids is 1. The Morgan fingerprint density at radius 1 is 1.12 bits per heavy atom. The maximum absolute atomic E-state index is 11.9. The van der Waals surface area contributed by atoms with E-state index in [4.69, 9.17) is 4.74 Å². The van der Waals surface area contributed by atoms with E-state index in [9.17, 15) is 4.79 Å². The van der Waals surface area contributed by atoms with Gasteiger partial charge in [-0.3, -0.25) is 4.68 Å². The molecule has 126 valence electrons. The number of carbonyl (C=O) groups is 1. The van der Waals surface area contributed by atoms with Gasteiger partial charge in [0.05, 0.1) is 12.7 Å². The summed E-state index contributed by atoms with van der Waals surface area (Å²) in [6, 6.07) is 18.0. The van der Waals surface area contributed by atoms with E-state index in [1.54, 1.807) is 12.3 Å². The summed E-state index contributed by atoms with van der Waals surface area (Å²) in [4.78, 5) is 11.9. The molecule has 0 spiro atoms. The molecule has 0 unspecified atom stereocenters. The molecule has 0 fully saturated rings. The first-order valence-electron chi connectivity index (χ1n) is 8.16. The van der Waals surface area contributed by atoms with Crippen LogP contribution in [0.25, 0.3) is 6.08 Å². The predicted molar refractivity (Wildman–Crippen MR) is 97.8 cm³/mol. The zero-order valence-corrected chi connectivity index (χ0v) is 14.1. The van der Waals surface area contributed by atoms with Gasteiger partial charge < -0.3 is 4.74 Å². The topological polar surface area (TPSA) is 44.1 Å². The first kappa shape index (κ1) is 16.7. The molecular formula is C21H20N2O2. The van der Waals surface area contributed by atoms with Gasteiger partial charge >= 0.3 is 5.97 Å². The van der Waals surface area contributed by atoms with Crippen LogP contribution in [0, 0.1) is 6.92 Å². The molecule has 4 heteroatoms. The van der Waals surface area contributed by atoms with Gasteiger partial charge in [0, 0.05) is 17.8 Å². The van der Waals surface area contributed by atoms with Crippen LogP contribution in [0.15, 0.2) is 73.1 Å². The molecule has 25 heavy (non-hydrogen) atoms. The van der Waals surface area contributed by atoms with Crippen molar-refractivity contribution in [2.45, 2.75) is 20.1 Å². The Balaban J connectivity index is 1.53. The van der Waals surface area contributed by atoms with Crippen LogP contribution >= 0.6 is 0 Å². The summed E-state index contributed by atoms with van der Waals surface area (Å²) in [5.41, 5.74) is 4.17. The lowest BCUT2D eigenvalue weighted by molar-refractivity contribution is -0.138. The minimum Gasteiger partial charge on any atom is -0.458 e. The van der Waals surface area contributed by atoms with E-state index in [0.717, 1.165) is 16.7 Å². The molecule has 0 saturated carbocycles. The number of aryl methyl sites for hydroxylation is 1. The molecule has 3 aromatic rings. The van der Waals surface area contributed by atoms with E-state index in [2.05, 4.69) is 17.2 Å². The highest BCUT2D eigenvalue weighted by molar-refractivity contribution is 5.86. The molecular weight excluding hydrogens is 312 g/mol. The minimum absolute atomic E-state index is 0.281. The third-order valence-electron chi connectivity index (χ3n) is 3.88. The molecule has 0 aliphatic rings. The molecule has 4 nitrogen and oxygen atoms in total. The lowest BCUT2D eigenvalue weighted by Gasteiger charge is -2.05. The first-order valence-corrected chi connectivity index (χ1v) is 8.16. The Kier molecular flexibility index (Phi) is 5.42. The number of ether oxygens (including phenoxy) is 1. The number of aromatic nitrogens is 2. The smallest absolute Gasteiger partial charge is 0.331 e. The Morgan fingerprint density at radius 3 is 2.68 bits per heavy atom. The Bertz CT molecular complexity index is 866. The summed E-state index contributed by atoms with van der Waals surface area (Å²) < 4.78 is 7.12.